The molecule has 0 saturated heterocycles. The number of hydrogen-bond acceptors (Lipinski definition) is 4. The Labute approximate surface area is 146 Å². The summed E-state index contributed by atoms with van der Waals surface area (Å²) in [5.74, 6) is -0.159. The predicted molar refractivity (Wildman–Crippen MR) is 95.3 cm³/mol. The smallest absolute Gasteiger partial charge is 0.269 e. The van der Waals surface area contributed by atoms with E-state index in [0.29, 0.717) is 0 Å². The molecule has 7 heteroatoms. The molecule has 0 aliphatic heterocycles. The van der Waals surface area contributed by atoms with Crippen LogP contribution >= 0.6 is 27.3 Å². The van der Waals surface area contributed by atoms with Gasteiger partial charge < -0.3 is 4.90 Å². The SMILES string of the molecule is C[C@H](c1cccc([N+](=O)[O-])c1)N(C)C(=O)/C=C/c1ccc(Br)s1. The standard InChI is InChI=1S/C16H15BrN2O3S/c1-11(12-4-3-5-13(10-12)19(21)22)18(2)16(20)9-7-14-6-8-15(17)23-14/h3-11H,1-2H3/b9-7+/t11-/m1/s1. The zero-order valence-electron chi connectivity index (χ0n) is 12.6. The van der Waals surface area contributed by atoms with Crippen molar-refractivity contribution in [2.24, 2.45) is 0 Å². The first-order chi connectivity index (χ1) is 10.9. The molecule has 0 N–H and O–H groups in total. The topological polar surface area (TPSA) is 63.5 Å². The Balaban J connectivity index is 2.10. The number of thiophene rings is 1. The lowest BCUT2D eigenvalue weighted by atomic mass is 10.1. The van der Waals surface area contributed by atoms with Crippen LogP contribution in [-0.4, -0.2) is 22.8 Å². The molecule has 1 atom stereocenters. The molecule has 120 valence electrons. The van der Waals surface area contributed by atoms with Crippen LogP contribution in [0.4, 0.5) is 5.69 Å². The number of halogens is 1. The van der Waals surface area contributed by atoms with Crippen molar-refractivity contribution in [3.8, 4) is 0 Å². The van der Waals surface area contributed by atoms with Gasteiger partial charge in [0.05, 0.1) is 14.8 Å². The molecule has 0 aliphatic carbocycles. The Morgan fingerprint density at radius 3 is 2.74 bits per heavy atom. The van der Waals surface area contributed by atoms with Crippen LogP contribution in [0.5, 0.6) is 0 Å². The van der Waals surface area contributed by atoms with Gasteiger partial charge in [-0.1, -0.05) is 12.1 Å². The molecule has 5 nitrogen and oxygen atoms in total. The maximum atomic E-state index is 12.3. The van der Waals surface area contributed by atoms with Gasteiger partial charge in [0.2, 0.25) is 5.91 Å². The highest BCUT2D eigenvalue weighted by atomic mass is 79.9. The summed E-state index contributed by atoms with van der Waals surface area (Å²) in [5, 5.41) is 10.9. The molecule has 2 aromatic rings. The Bertz CT molecular complexity index is 757. The lowest BCUT2D eigenvalue weighted by Gasteiger charge is -2.24. The van der Waals surface area contributed by atoms with E-state index in [1.54, 1.807) is 30.2 Å². The summed E-state index contributed by atoms with van der Waals surface area (Å²) in [6, 6.07) is 9.92. The molecule has 2 rings (SSSR count). The van der Waals surface area contributed by atoms with E-state index in [9.17, 15) is 14.9 Å². The first-order valence-electron chi connectivity index (χ1n) is 6.83. The van der Waals surface area contributed by atoms with Crippen LogP contribution in [0.3, 0.4) is 0 Å². The van der Waals surface area contributed by atoms with Gasteiger partial charge in [0.25, 0.3) is 5.69 Å². The molecule has 1 aromatic carbocycles. The summed E-state index contributed by atoms with van der Waals surface area (Å²) >= 11 is 4.91. The summed E-state index contributed by atoms with van der Waals surface area (Å²) in [6.45, 7) is 1.84. The van der Waals surface area contributed by atoms with Gasteiger partial charge in [0.15, 0.2) is 0 Å². The quantitative estimate of drug-likeness (QED) is 0.421. The molecule has 0 radical (unpaired) electrons. The van der Waals surface area contributed by atoms with Gasteiger partial charge in [0.1, 0.15) is 0 Å². The third kappa shape index (κ3) is 4.49. The number of benzene rings is 1. The molecule has 0 saturated carbocycles. The van der Waals surface area contributed by atoms with Gasteiger partial charge >= 0.3 is 0 Å². The van der Waals surface area contributed by atoms with Crippen LogP contribution in [0.2, 0.25) is 0 Å². The maximum Gasteiger partial charge on any atom is 0.269 e. The highest BCUT2D eigenvalue weighted by Gasteiger charge is 2.17. The highest BCUT2D eigenvalue weighted by molar-refractivity contribution is 9.11. The number of nitro groups is 1. The van der Waals surface area contributed by atoms with E-state index < -0.39 is 4.92 Å². The van der Waals surface area contributed by atoms with Crippen LogP contribution in [0.15, 0.2) is 46.3 Å². The fourth-order valence-electron chi connectivity index (χ4n) is 2.00. The van der Waals surface area contributed by atoms with Gasteiger partial charge in [-0.25, -0.2) is 0 Å². The lowest BCUT2D eigenvalue weighted by Crippen LogP contribution is -2.28. The molecule has 0 spiro atoms. The third-order valence-corrected chi connectivity index (χ3v) is 5.07. The average molecular weight is 395 g/mol. The molecule has 0 unspecified atom stereocenters. The van der Waals surface area contributed by atoms with Crippen molar-refractivity contribution in [1.29, 1.82) is 0 Å². The van der Waals surface area contributed by atoms with E-state index in [1.807, 2.05) is 19.1 Å². The molecule has 23 heavy (non-hydrogen) atoms. The van der Waals surface area contributed by atoms with Crippen molar-refractivity contribution in [1.82, 2.24) is 4.90 Å². The van der Waals surface area contributed by atoms with Gasteiger partial charge in [0, 0.05) is 30.1 Å². The van der Waals surface area contributed by atoms with Crippen molar-refractivity contribution in [2.45, 2.75) is 13.0 Å². The zero-order valence-corrected chi connectivity index (χ0v) is 15.0. The van der Waals surface area contributed by atoms with Crippen LogP contribution in [0.25, 0.3) is 6.08 Å². The minimum absolute atomic E-state index is 0.0224. The monoisotopic (exact) mass is 394 g/mol. The molecule has 1 amide bonds. The van der Waals surface area contributed by atoms with Crippen molar-refractivity contribution >= 4 is 44.9 Å². The van der Waals surface area contributed by atoms with Crippen LogP contribution in [0.1, 0.15) is 23.4 Å². The third-order valence-electron chi connectivity index (χ3n) is 3.48. The van der Waals surface area contributed by atoms with Crippen molar-refractivity contribution in [2.75, 3.05) is 7.05 Å². The molecule has 0 fully saturated rings. The van der Waals surface area contributed by atoms with Gasteiger partial charge in [-0.15, -0.1) is 11.3 Å². The average Bonchev–Trinajstić information content (AvgIpc) is 2.96. The summed E-state index contributed by atoms with van der Waals surface area (Å²) < 4.78 is 1.00. The van der Waals surface area contributed by atoms with Gasteiger partial charge in [-0.2, -0.15) is 0 Å². The van der Waals surface area contributed by atoms with Crippen LogP contribution in [0, 0.1) is 10.1 Å². The second-order valence-corrected chi connectivity index (χ2v) is 7.45. The van der Waals surface area contributed by atoms with E-state index in [1.165, 1.54) is 29.5 Å². The summed E-state index contributed by atoms with van der Waals surface area (Å²) in [6.07, 6.45) is 3.26. The number of carbonyl (C=O) groups is 1. The number of non-ortho nitro benzene ring substituents is 1. The minimum atomic E-state index is -0.438. The largest absolute Gasteiger partial charge is 0.335 e. The maximum absolute atomic E-state index is 12.3. The number of hydrogen-bond donors (Lipinski definition) is 0. The summed E-state index contributed by atoms with van der Waals surface area (Å²) in [4.78, 5) is 25.2. The van der Waals surface area contributed by atoms with Gasteiger partial charge in [-0.05, 0) is 46.6 Å². The van der Waals surface area contributed by atoms with E-state index >= 15 is 0 Å². The molecule has 1 heterocycles. The Morgan fingerprint density at radius 2 is 2.13 bits per heavy atom. The van der Waals surface area contributed by atoms with Crippen molar-refractivity contribution < 1.29 is 9.72 Å². The van der Waals surface area contributed by atoms with E-state index in [2.05, 4.69) is 15.9 Å². The van der Waals surface area contributed by atoms with Crippen LogP contribution < -0.4 is 0 Å². The van der Waals surface area contributed by atoms with Gasteiger partial charge in [-0.3, -0.25) is 14.9 Å². The summed E-state index contributed by atoms with van der Waals surface area (Å²) in [5.41, 5.74) is 0.747. The number of nitro benzene ring substituents is 1. The number of rotatable bonds is 5. The van der Waals surface area contributed by atoms with Crippen LogP contribution in [-0.2, 0) is 4.79 Å². The van der Waals surface area contributed by atoms with E-state index in [0.717, 1.165) is 14.2 Å². The second-order valence-electron chi connectivity index (χ2n) is 4.95. The Kier molecular flexibility index (Phi) is 5.68. The number of nitrogens with zero attached hydrogens (tertiary/aromatic N) is 2. The first-order valence-corrected chi connectivity index (χ1v) is 8.44. The first kappa shape index (κ1) is 17.4. The Morgan fingerprint density at radius 1 is 1.39 bits per heavy atom. The minimum Gasteiger partial charge on any atom is -0.335 e. The number of carbonyl (C=O) groups excluding carboxylic acids is 1. The second kappa shape index (κ2) is 7.52. The molecule has 0 bridgehead atoms. The fraction of sp³-hybridized carbons (Fsp3) is 0.188. The molecular weight excluding hydrogens is 380 g/mol. The normalized spacial score (nSPS) is 12.3. The Hall–Kier alpha value is -1.99. The number of likely N-dealkylation sites (N-methyl/N-ethyl adjacent to an activating group) is 1. The number of amides is 1. The summed E-state index contributed by atoms with van der Waals surface area (Å²) in [7, 11) is 1.68. The molecule has 0 aliphatic rings. The van der Waals surface area contributed by atoms with Crippen molar-refractivity contribution in [3.05, 3.63) is 66.8 Å². The predicted octanol–water partition coefficient (Wildman–Crippen LogP) is 4.65. The molecular formula is C16H15BrN2O3S. The van der Waals surface area contributed by atoms with E-state index in [-0.39, 0.29) is 17.6 Å². The van der Waals surface area contributed by atoms with E-state index in [4.69, 9.17) is 0 Å². The highest BCUT2D eigenvalue weighted by Crippen LogP contribution is 2.25. The lowest BCUT2D eigenvalue weighted by molar-refractivity contribution is -0.384. The molecule has 1 aromatic heterocycles. The van der Waals surface area contributed by atoms with Crippen molar-refractivity contribution in [3.63, 3.8) is 0 Å². The zero-order chi connectivity index (χ0) is 17.0. The fourth-order valence-corrected chi connectivity index (χ4v) is 3.33.